The smallest absolute Gasteiger partial charge is 0.0149 e. The molecule has 81 valence electrons. The zero-order valence-corrected chi connectivity index (χ0v) is 9.71. The Bertz CT molecular complexity index is 259. The summed E-state index contributed by atoms with van der Waals surface area (Å²) in [5.74, 6) is 0. The fourth-order valence-electron chi connectivity index (χ4n) is 1.57. The number of hydrogen-bond acceptors (Lipinski definition) is 0. The second-order valence-corrected chi connectivity index (χ2v) is 3.89. The molecular weight excluding hydrogens is 180 g/mol. The van der Waals surface area contributed by atoms with E-state index in [4.69, 9.17) is 0 Å². The third-order valence-corrected chi connectivity index (χ3v) is 2.46. The van der Waals surface area contributed by atoms with Crippen LogP contribution in [0.25, 0.3) is 0 Å². The molecule has 0 aliphatic carbocycles. The van der Waals surface area contributed by atoms with Gasteiger partial charge in [-0.05, 0) is 43.7 Å². The van der Waals surface area contributed by atoms with E-state index in [-0.39, 0.29) is 0 Å². The summed E-state index contributed by atoms with van der Waals surface area (Å²) in [5, 5.41) is 0. The summed E-state index contributed by atoms with van der Waals surface area (Å²) in [5.41, 5.74) is 1.34. The van der Waals surface area contributed by atoms with Crippen molar-refractivity contribution in [3.05, 3.63) is 48.0 Å². The molecular formula is C15H21. The van der Waals surface area contributed by atoms with Crippen LogP contribution in [-0.4, -0.2) is 0 Å². The van der Waals surface area contributed by atoms with E-state index in [2.05, 4.69) is 37.3 Å². The first kappa shape index (κ1) is 12.0. The Morgan fingerprint density at radius 3 is 2.73 bits per heavy atom. The molecule has 0 aliphatic heterocycles. The van der Waals surface area contributed by atoms with E-state index in [1.165, 1.54) is 44.1 Å². The van der Waals surface area contributed by atoms with E-state index >= 15 is 0 Å². The molecule has 0 saturated carbocycles. The molecule has 15 heavy (non-hydrogen) atoms. The molecule has 1 aromatic carbocycles. The molecule has 0 spiro atoms. The molecule has 0 amide bonds. The number of allylic oxidation sites excluding steroid dienone is 2. The Balaban J connectivity index is 2.02. The van der Waals surface area contributed by atoms with E-state index in [9.17, 15) is 0 Å². The predicted molar refractivity (Wildman–Crippen MR) is 66.9 cm³/mol. The van der Waals surface area contributed by atoms with Crippen LogP contribution in [0, 0.1) is 6.07 Å². The van der Waals surface area contributed by atoms with Gasteiger partial charge in [-0.3, -0.25) is 0 Å². The number of hydrogen-bond donors (Lipinski definition) is 0. The van der Waals surface area contributed by atoms with Gasteiger partial charge < -0.3 is 0 Å². The van der Waals surface area contributed by atoms with Gasteiger partial charge in [0, 0.05) is 0 Å². The summed E-state index contributed by atoms with van der Waals surface area (Å²) in [7, 11) is 0. The molecule has 0 nitrogen and oxygen atoms in total. The lowest BCUT2D eigenvalue weighted by atomic mass is 10.1. The summed E-state index contributed by atoms with van der Waals surface area (Å²) in [6.07, 6.45) is 12.1. The quantitative estimate of drug-likeness (QED) is 0.448. The lowest BCUT2D eigenvalue weighted by Gasteiger charge is -1.98. The van der Waals surface area contributed by atoms with Gasteiger partial charge >= 0.3 is 0 Å². The molecule has 1 radical (unpaired) electrons. The molecule has 0 fully saturated rings. The number of benzene rings is 1. The maximum absolute atomic E-state index is 3.26. The highest BCUT2D eigenvalue weighted by atomic mass is 14.0. The van der Waals surface area contributed by atoms with Gasteiger partial charge in [-0.2, -0.15) is 0 Å². The number of aryl methyl sites for hydroxylation is 1. The minimum Gasteiger partial charge on any atom is -0.0885 e. The van der Waals surface area contributed by atoms with Crippen molar-refractivity contribution >= 4 is 0 Å². The minimum atomic E-state index is 1.17. The fraction of sp³-hybridized carbons (Fsp3) is 0.467. The molecule has 0 heterocycles. The topological polar surface area (TPSA) is 0 Å². The van der Waals surface area contributed by atoms with Gasteiger partial charge in [-0.1, -0.05) is 49.8 Å². The van der Waals surface area contributed by atoms with Crippen LogP contribution in [0.4, 0.5) is 0 Å². The lowest BCUT2D eigenvalue weighted by Crippen LogP contribution is -1.84. The van der Waals surface area contributed by atoms with E-state index in [1.54, 1.807) is 0 Å². The van der Waals surface area contributed by atoms with Crippen molar-refractivity contribution in [1.29, 1.82) is 0 Å². The highest BCUT2D eigenvalue weighted by Crippen LogP contribution is 2.06. The third kappa shape index (κ3) is 6.11. The van der Waals surface area contributed by atoms with Gasteiger partial charge in [-0.15, -0.1) is 0 Å². The first-order chi connectivity index (χ1) is 7.43. The van der Waals surface area contributed by atoms with Gasteiger partial charge in [0.1, 0.15) is 0 Å². The van der Waals surface area contributed by atoms with Gasteiger partial charge in [0.05, 0.1) is 0 Å². The van der Waals surface area contributed by atoms with Crippen LogP contribution in [0.2, 0.25) is 0 Å². The number of unbranched alkanes of at least 4 members (excludes halogenated alkanes) is 3. The maximum Gasteiger partial charge on any atom is -0.0149 e. The largest absolute Gasteiger partial charge is 0.0885 e. The first-order valence-corrected chi connectivity index (χ1v) is 6.04. The molecule has 0 atom stereocenters. The number of rotatable bonds is 7. The molecule has 0 aromatic heterocycles. The standard InChI is InChI=1S/C15H21/c1-2-3-4-5-6-7-9-12-15-13-10-8-11-14-15/h4-5,8,10-11,13H,2-3,6-7,9,12H2,1H3/b5-4+. The lowest BCUT2D eigenvalue weighted by molar-refractivity contribution is 0.745. The zero-order chi connectivity index (χ0) is 10.8. The molecule has 0 saturated heterocycles. The fourth-order valence-corrected chi connectivity index (χ4v) is 1.57. The van der Waals surface area contributed by atoms with Crippen molar-refractivity contribution < 1.29 is 0 Å². The molecule has 0 heteroatoms. The summed E-state index contributed by atoms with van der Waals surface area (Å²) in [6, 6.07) is 11.5. The van der Waals surface area contributed by atoms with Crippen molar-refractivity contribution in [2.24, 2.45) is 0 Å². The molecule has 1 aromatic rings. The SMILES string of the molecule is CCC/C=C/CCCCc1[c]cccc1. The zero-order valence-electron chi connectivity index (χ0n) is 9.71. The summed E-state index contributed by atoms with van der Waals surface area (Å²) >= 11 is 0. The second-order valence-electron chi connectivity index (χ2n) is 3.89. The molecule has 0 bridgehead atoms. The van der Waals surface area contributed by atoms with E-state index in [0.717, 1.165) is 0 Å². The highest BCUT2D eigenvalue weighted by Gasteiger charge is 1.90. The Morgan fingerprint density at radius 2 is 2.00 bits per heavy atom. The van der Waals surface area contributed by atoms with Crippen molar-refractivity contribution in [3.63, 3.8) is 0 Å². The summed E-state index contributed by atoms with van der Waals surface area (Å²) < 4.78 is 0. The molecule has 1 rings (SSSR count). The van der Waals surface area contributed by atoms with Gasteiger partial charge in [0.2, 0.25) is 0 Å². The van der Waals surface area contributed by atoms with Gasteiger partial charge in [-0.25, -0.2) is 0 Å². The van der Waals surface area contributed by atoms with Crippen LogP contribution in [0.15, 0.2) is 36.4 Å². The monoisotopic (exact) mass is 201 g/mol. The van der Waals surface area contributed by atoms with Crippen molar-refractivity contribution in [1.82, 2.24) is 0 Å². The molecule has 0 aliphatic rings. The third-order valence-electron chi connectivity index (χ3n) is 2.46. The van der Waals surface area contributed by atoms with E-state index < -0.39 is 0 Å². The highest BCUT2D eigenvalue weighted by molar-refractivity contribution is 5.12. The summed E-state index contributed by atoms with van der Waals surface area (Å²) in [4.78, 5) is 0. The van der Waals surface area contributed by atoms with Gasteiger partial charge in [0.25, 0.3) is 0 Å². The van der Waals surface area contributed by atoms with Crippen molar-refractivity contribution in [3.8, 4) is 0 Å². The maximum atomic E-state index is 3.26. The van der Waals surface area contributed by atoms with Crippen LogP contribution in [0.5, 0.6) is 0 Å². The Kier molecular flexibility index (Phi) is 6.64. The van der Waals surface area contributed by atoms with E-state index in [1.807, 2.05) is 12.1 Å². The minimum absolute atomic E-state index is 1.17. The van der Waals surface area contributed by atoms with E-state index in [0.29, 0.717) is 0 Å². The Hall–Kier alpha value is -1.04. The van der Waals surface area contributed by atoms with Crippen molar-refractivity contribution in [2.75, 3.05) is 0 Å². The predicted octanol–water partition coefficient (Wildman–Crippen LogP) is 4.56. The molecule has 0 unspecified atom stereocenters. The molecule has 0 N–H and O–H groups in total. The average Bonchev–Trinajstić information content (AvgIpc) is 2.29. The summed E-state index contributed by atoms with van der Waals surface area (Å²) in [6.45, 7) is 2.22. The average molecular weight is 201 g/mol. The first-order valence-electron chi connectivity index (χ1n) is 6.04. The Morgan fingerprint density at radius 1 is 1.13 bits per heavy atom. The van der Waals surface area contributed by atoms with Gasteiger partial charge in [0.15, 0.2) is 0 Å². The van der Waals surface area contributed by atoms with Crippen molar-refractivity contribution in [2.45, 2.75) is 45.4 Å². The van der Waals surface area contributed by atoms with Crippen LogP contribution in [0.1, 0.15) is 44.6 Å². The van der Waals surface area contributed by atoms with Crippen LogP contribution >= 0.6 is 0 Å². The Labute approximate surface area is 94.0 Å². The second kappa shape index (κ2) is 8.28. The van der Waals surface area contributed by atoms with Crippen LogP contribution in [0.3, 0.4) is 0 Å². The van der Waals surface area contributed by atoms with Crippen LogP contribution in [-0.2, 0) is 6.42 Å². The normalized spacial score (nSPS) is 11.0. The van der Waals surface area contributed by atoms with Crippen LogP contribution < -0.4 is 0 Å².